The van der Waals surface area contributed by atoms with Gasteiger partial charge in [-0.1, -0.05) is 25.1 Å². The average molecular weight is 396 g/mol. The highest BCUT2D eigenvalue weighted by molar-refractivity contribution is 5.94. The van der Waals surface area contributed by atoms with E-state index in [-0.39, 0.29) is 17.5 Å². The number of benzene rings is 1. The topological polar surface area (TPSA) is 104 Å². The van der Waals surface area contributed by atoms with Gasteiger partial charge in [-0.05, 0) is 36.2 Å². The lowest BCUT2D eigenvalue weighted by Gasteiger charge is -2.13. The maximum Gasteiger partial charge on any atom is 0.387 e. The molecule has 0 bridgehead atoms. The van der Waals surface area contributed by atoms with Crippen LogP contribution in [0.25, 0.3) is 27.9 Å². The van der Waals surface area contributed by atoms with E-state index in [2.05, 4.69) is 19.8 Å². The van der Waals surface area contributed by atoms with Crippen LogP contribution in [0.3, 0.4) is 0 Å². The summed E-state index contributed by atoms with van der Waals surface area (Å²) in [6.45, 7) is -0.901. The van der Waals surface area contributed by atoms with Crippen molar-refractivity contribution >= 4 is 17.3 Å². The van der Waals surface area contributed by atoms with E-state index < -0.39 is 6.61 Å². The lowest BCUT2D eigenvalue weighted by molar-refractivity contribution is -0.0498. The van der Waals surface area contributed by atoms with Crippen LogP contribution in [-0.2, 0) is 6.42 Å². The van der Waals surface area contributed by atoms with E-state index in [4.69, 9.17) is 11.5 Å². The summed E-state index contributed by atoms with van der Waals surface area (Å²) in [5.74, 6) is 0.272. The third-order valence-corrected chi connectivity index (χ3v) is 4.51. The summed E-state index contributed by atoms with van der Waals surface area (Å²) in [5, 5.41) is 4.62. The van der Waals surface area contributed by atoms with E-state index in [1.807, 2.05) is 31.3 Å². The Bertz CT molecular complexity index is 1170. The molecule has 0 spiro atoms. The van der Waals surface area contributed by atoms with E-state index in [0.29, 0.717) is 23.2 Å². The van der Waals surface area contributed by atoms with Crippen molar-refractivity contribution in [2.24, 2.45) is 0 Å². The van der Waals surface area contributed by atoms with Crippen LogP contribution in [0.4, 0.5) is 20.5 Å². The van der Waals surface area contributed by atoms with E-state index in [9.17, 15) is 8.78 Å². The Morgan fingerprint density at radius 1 is 1.03 bits per heavy atom. The molecule has 9 heteroatoms. The molecule has 4 rings (SSSR count). The van der Waals surface area contributed by atoms with Crippen molar-refractivity contribution in [2.75, 3.05) is 11.5 Å². The zero-order valence-corrected chi connectivity index (χ0v) is 15.5. The van der Waals surface area contributed by atoms with Crippen molar-refractivity contribution in [3.63, 3.8) is 0 Å². The minimum Gasteiger partial charge on any atom is -0.435 e. The summed E-state index contributed by atoms with van der Waals surface area (Å²) < 4.78 is 31.1. The quantitative estimate of drug-likeness (QED) is 0.532. The van der Waals surface area contributed by atoms with Crippen LogP contribution in [0.5, 0.6) is 5.75 Å². The highest BCUT2D eigenvalue weighted by Gasteiger charge is 2.22. The van der Waals surface area contributed by atoms with E-state index in [0.717, 1.165) is 16.8 Å². The molecular weight excluding hydrogens is 378 g/mol. The van der Waals surface area contributed by atoms with Gasteiger partial charge in [-0.3, -0.25) is 0 Å². The molecule has 0 aliphatic rings. The van der Waals surface area contributed by atoms with Crippen molar-refractivity contribution < 1.29 is 13.5 Å². The number of alkyl halides is 2. The molecule has 0 aliphatic heterocycles. The Kier molecular flexibility index (Phi) is 4.71. The number of aromatic nitrogens is 4. The zero-order chi connectivity index (χ0) is 20.5. The third kappa shape index (κ3) is 3.42. The Labute approximate surface area is 165 Å². The number of hydrogen-bond acceptors (Lipinski definition) is 6. The molecule has 3 aromatic heterocycles. The van der Waals surface area contributed by atoms with Gasteiger partial charge < -0.3 is 16.2 Å². The highest BCUT2D eigenvalue weighted by Crippen LogP contribution is 2.39. The van der Waals surface area contributed by atoms with E-state index in [1.54, 1.807) is 16.6 Å². The fraction of sp³-hybridized carbons (Fsp3) is 0.150. The van der Waals surface area contributed by atoms with Crippen LogP contribution >= 0.6 is 0 Å². The number of hydrogen-bond donors (Lipinski definition) is 2. The summed E-state index contributed by atoms with van der Waals surface area (Å²) in [6, 6.07) is 11.9. The van der Waals surface area contributed by atoms with E-state index in [1.165, 1.54) is 12.1 Å². The predicted octanol–water partition coefficient (Wildman–Crippen LogP) is 3.79. The third-order valence-electron chi connectivity index (χ3n) is 4.51. The molecule has 3 heterocycles. The molecule has 0 radical (unpaired) electrons. The molecule has 0 unspecified atom stereocenters. The first-order valence-electron chi connectivity index (χ1n) is 8.92. The number of nitrogens with zero attached hydrogens (tertiary/aromatic N) is 4. The summed E-state index contributed by atoms with van der Waals surface area (Å²) in [7, 11) is 0. The number of anilines is 2. The highest BCUT2D eigenvalue weighted by atomic mass is 19.3. The molecule has 0 fully saturated rings. The van der Waals surface area contributed by atoms with Crippen molar-refractivity contribution in [3.8, 4) is 28.1 Å². The van der Waals surface area contributed by atoms with Crippen molar-refractivity contribution in [1.82, 2.24) is 19.6 Å². The summed E-state index contributed by atoms with van der Waals surface area (Å²) >= 11 is 0. The number of pyridine rings is 1. The SMILES string of the molecule is CCc1nn2ccccc2c1-c1nc(N)nc(N)c1-c1ccc(OC(F)F)cc1. The average Bonchev–Trinajstić information content (AvgIpc) is 3.06. The number of nitrogen functional groups attached to an aromatic ring is 2. The van der Waals surface area contributed by atoms with Gasteiger partial charge in [-0.2, -0.15) is 18.9 Å². The second-order valence-electron chi connectivity index (χ2n) is 6.30. The fourth-order valence-electron chi connectivity index (χ4n) is 3.32. The molecule has 0 amide bonds. The first-order valence-corrected chi connectivity index (χ1v) is 8.92. The second-order valence-corrected chi connectivity index (χ2v) is 6.30. The number of halogens is 2. The lowest BCUT2D eigenvalue weighted by atomic mass is 9.98. The van der Waals surface area contributed by atoms with Gasteiger partial charge in [0.1, 0.15) is 11.6 Å². The van der Waals surface area contributed by atoms with Crippen LogP contribution in [0.15, 0.2) is 48.7 Å². The number of ether oxygens (including phenoxy) is 1. The zero-order valence-electron chi connectivity index (χ0n) is 15.5. The monoisotopic (exact) mass is 396 g/mol. The summed E-state index contributed by atoms with van der Waals surface area (Å²) in [4.78, 5) is 8.56. The Morgan fingerprint density at radius 3 is 2.48 bits per heavy atom. The van der Waals surface area contributed by atoms with Crippen LogP contribution in [0.1, 0.15) is 12.6 Å². The molecule has 4 N–H and O–H groups in total. The Morgan fingerprint density at radius 2 is 1.79 bits per heavy atom. The van der Waals surface area contributed by atoms with Gasteiger partial charge in [0.2, 0.25) is 5.95 Å². The molecule has 148 valence electrons. The maximum atomic E-state index is 12.4. The number of fused-ring (bicyclic) bond motifs is 1. The van der Waals surface area contributed by atoms with Gasteiger partial charge in [0.15, 0.2) is 0 Å². The van der Waals surface area contributed by atoms with Crippen LogP contribution in [0.2, 0.25) is 0 Å². The van der Waals surface area contributed by atoms with Gasteiger partial charge in [0.25, 0.3) is 0 Å². The molecule has 0 atom stereocenters. The standard InChI is InChI=1S/C20H18F2N6O/c1-2-13-16(14-5-3-4-10-28(14)27-13)17-15(18(23)26-20(24)25-17)11-6-8-12(9-7-11)29-19(21)22/h3-10,19H,2H2,1H3,(H4,23,24,25,26). The molecule has 7 nitrogen and oxygen atoms in total. The van der Waals surface area contributed by atoms with Gasteiger partial charge in [0, 0.05) is 6.20 Å². The summed E-state index contributed by atoms with van der Waals surface area (Å²) in [5.41, 5.74) is 16.3. The minimum atomic E-state index is -2.90. The van der Waals surface area contributed by atoms with Gasteiger partial charge in [0.05, 0.1) is 28.0 Å². The number of rotatable bonds is 5. The van der Waals surface area contributed by atoms with E-state index >= 15 is 0 Å². The van der Waals surface area contributed by atoms with Crippen LogP contribution in [0, 0.1) is 0 Å². The molecule has 4 aromatic rings. The van der Waals surface area contributed by atoms with Crippen LogP contribution in [-0.4, -0.2) is 26.2 Å². The fourth-order valence-corrected chi connectivity index (χ4v) is 3.32. The van der Waals surface area contributed by atoms with Gasteiger partial charge in [-0.25, -0.2) is 9.50 Å². The molecule has 29 heavy (non-hydrogen) atoms. The van der Waals surface area contributed by atoms with Crippen molar-refractivity contribution in [3.05, 3.63) is 54.4 Å². The largest absolute Gasteiger partial charge is 0.435 e. The van der Waals surface area contributed by atoms with Gasteiger partial charge >= 0.3 is 6.61 Å². The maximum absolute atomic E-state index is 12.4. The lowest BCUT2D eigenvalue weighted by Crippen LogP contribution is -2.05. The normalized spacial score (nSPS) is 11.3. The minimum absolute atomic E-state index is 0.0382. The first-order chi connectivity index (χ1) is 14.0. The predicted molar refractivity (Wildman–Crippen MR) is 106 cm³/mol. The molecule has 0 saturated carbocycles. The number of aryl methyl sites for hydroxylation is 1. The number of nitrogens with two attached hydrogens (primary N) is 2. The second kappa shape index (κ2) is 7.34. The molecule has 0 aliphatic carbocycles. The molecular formula is C20H18F2N6O. The smallest absolute Gasteiger partial charge is 0.387 e. The van der Waals surface area contributed by atoms with Crippen molar-refractivity contribution in [2.45, 2.75) is 20.0 Å². The van der Waals surface area contributed by atoms with Gasteiger partial charge in [-0.15, -0.1) is 0 Å². The first kappa shape index (κ1) is 18.6. The Balaban J connectivity index is 1.95. The molecule has 0 saturated heterocycles. The van der Waals surface area contributed by atoms with Crippen molar-refractivity contribution in [1.29, 1.82) is 0 Å². The molecule has 1 aromatic carbocycles. The summed E-state index contributed by atoms with van der Waals surface area (Å²) in [6.07, 6.45) is 2.52. The Hall–Kier alpha value is -3.75. The van der Waals surface area contributed by atoms with Crippen LogP contribution < -0.4 is 16.2 Å².